The van der Waals surface area contributed by atoms with Crippen molar-refractivity contribution < 1.29 is 66.9 Å². The lowest BCUT2D eigenvalue weighted by molar-refractivity contribution is -0.144. The number of unbranched alkanes of at least 4 members (excludes halogenated alkanes) is 1. The fourth-order valence-electron chi connectivity index (χ4n) is 8.55. The van der Waals surface area contributed by atoms with E-state index < -0.39 is 90.0 Å². The molecular formula is C53H77N9O14. The zero-order valence-corrected chi connectivity index (χ0v) is 45.2. The quantitative estimate of drug-likeness (QED) is 0.0431. The van der Waals surface area contributed by atoms with E-state index in [1.807, 2.05) is 27.7 Å². The van der Waals surface area contributed by atoms with Gasteiger partial charge in [-0.15, -0.1) is 0 Å². The van der Waals surface area contributed by atoms with Crippen molar-refractivity contribution in [3.8, 4) is 17.2 Å². The minimum Gasteiger partial charge on any atom is -0.497 e. The highest BCUT2D eigenvalue weighted by Crippen LogP contribution is 2.37. The summed E-state index contributed by atoms with van der Waals surface area (Å²) < 4.78 is 21.9. The predicted octanol–water partition coefficient (Wildman–Crippen LogP) is 1.94. The fraction of sp³-hybridized carbons (Fsp3) is 0.566. The van der Waals surface area contributed by atoms with Crippen LogP contribution in [0.15, 0.2) is 46.9 Å². The molecule has 1 unspecified atom stereocenters. The molecule has 2 aromatic carbocycles. The molecule has 0 bridgehead atoms. The summed E-state index contributed by atoms with van der Waals surface area (Å²) in [5.41, 5.74) is 0.879. The number of furan rings is 1. The van der Waals surface area contributed by atoms with E-state index in [4.69, 9.17) is 18.6 Å². The van der Waals surface area contributed by atoms with Gasteiger partial charge < -0.3 is 71.2 Å². The number of carboxylic acid groups (broad SMARTS) is 1. The number of carboxylic acids is 1. The van der Waals surface area contributed by atoms with Gasteiger partial charge >= 0.3 is 5.97 Å². The van der Waals surface area contributed by atoms with Crippen molar-refractivity contribution >= 4 is 64.2 Å². The molecule has 0 aliphatic carbocycles. The molecular weight excluding hydrogens is 987 g/mol. The number of aliphatic carboxylic acids is 1. The smallest absolute Gasteiger partial charge is 0.305 e. The highest BCUT2D eigenvalue weighted by Gasteiger charge is 2.40. The van der Waals surface area contributed by atoms with E-state index in [0.29, 0.717) is 54.8 Å². The number of nitrogens with zero attached hydrogens (tertiary/aromatic N) is 1. The van der Waals surface area contributed by atoms with Crippen LogP contribution in [0.3, 0.4) is 0 Å². The highest BCUT2D eigenvalue weighted by molar-refractivity contribution is 6.01. The number of ether oxygens (including phenoxy) is 3. The van der Waals surface area contributed by atoms with E-state index in [0.717, 1.165) is 6.42 Å². The van der Waals surface area contributed by atoms with E-state index in [9.17, 15) is 48.3 Å². The lowest BCUT2D eigenvalue weighted by atomic mass is 10.0. The fourth-order valence-corrected chi connectivity index (χ4v) is 8.55. The molecule has 1 fully saturated rings. The van der Waals surface area contributed by atoms with Gasteiger partial charge in [0.05, 0.1) is 27.8 Å². The van der Waals surface area contributed by atoms with Gasteiger partial charge in [-0.05, 0) is 100 Å². The average Bonchev–Trinajstić information content (AvgIpc) is 4.06. The van der Waals surface area contributed by atoms with Crippen LogP contribution in [-0.4, -0.2) is 154 Å². The lowest BCUT2D eigenvalue weighted by Gasteiger charge is -2.30. The molecule has 7 atom stereocenters. The SMILES string of the molecule is CNC(=O)CCCCNCC(NC(=O)[C@H](C)NC(=O)[C@H](CC(=O)O)NC(=O)[C@@H]1CCCN1C(=O)[C@H](Cc1ccc(OC)cc1)NC(=O)[C@H](C)NC(=O)[C@H](CC(C)C)NC(=O)c1cc2ccc(OC)c(OC)c2o1)C(C)C. The van der Waals surface area contributed by atoms with Gasteiger partial charge in [0.15, 0.2) is 17.1 Å². The van der Waals surface area contributed by atoms with Crippen LogP contribution in [0.4, 0.5) is 0 Å². The molecule has 418 valence electrons. The van der Waals surface area contributed by atoms with Gasteiger partial charge in [0.1, 0.15) is 42.0 Å². The van der Waals surface area contributed by atoms with Crippen molar-refractivity contribution in [2.75, 3.05) is 48.0 Å². The first kappa shape index (κ1) is 61.1. The van der Waals surface area contributed by atoms with Crippen molar-refractivity contribution in [1.29, 1.82) is 0 Å². The van der Waals surface area contributed by atoms with Gasteiger partial charge in [-0.25, -0.2) is 0 Å². The molecule has 8 amide bonds. The van der Waals surface area contributed by atoms with Gasteiger partial charge in [0.25, 0.3) is 5.91 Å². The molecule has 0 spiro atoms. The number of likely N-dealkylation sites (tertiary alicyclic amines) is 1. The number of methoxy groups -OCH3 is 3. The molecule has 3 aromatic rings. The van der Waals surface area contributed by atoms with Crippen LogP contribution in [0, 0.1) is 11.8 Å². The van der Waals surface area contributed by atoms with E-state index in [1.54, 1.807) is 43.4 Å². The Morgan fingerprint density at radius 1 is 0.737 bits per heavy atom. The van der Waals surface area contributed by atoms with Crippen molar-refractivity contribution in [2.45, 2.75) is 135 Å². The summed E-state index contributed by atoms with van der Waals surface area (Å²) in [4.78, 5) is 122. The molecule has 2 heterocycles. The van der Waals surface area contributed by atoms with Crippen LogP contribution in [0.5, 0.6) is 17.2 Å². The van der Waals surface area contributed by atoms with Gasteiger partial charge in [0.2, 0.25) is 47.1 Å². The minimum absolute atomic E-state index is 0.00335. The number of hydrogen-bond donors (Lipinski definition) is 9. The van der Waals surface area contributed by atoms with Gasteiger partial charge in [-0.1, -0.05) is 39.8 Å². The minimum atomic E-state index is -1.63. The van der Waals surface area contributed by atoms with E-state index in [1.165, 1.54) is 46.1 Å². The standard InChI is InChI=1S/C53H77N9O14/c1-29(2)24-36(59-52(71)42-26-34-18-21-41(74-9)46(75-10)45(34)76-42)49(68)56-31(5)47(66)60-38(25-33-16-19-35(73-8)20-17-33)53(72)62-23-13-14-40(62)51(70)58-37(27-44(64)65)50(69)57-32(6)48(67)61-39(30(3)4)28-55-22-12-11-15-43(63)54-7/h16-21,26,29-32,36-40,55H,11-15,22-25,27-28H2,1-10H3,(H,54,63)(H,56,68)(H,57,69)(H,58,70)(H,59,71)(H,60,66)(H,61,67)(H,64,65)/t31-,32-,36-,37-,38-,39?,40-/m0/s1. The van der Waals surface area contributed by atoms with Gasteiger partial charge in [0, 0.05) is 44.4 Å². The molecule has 76 heavy (non-hydrogen) atoms. The normalized spacial score (nSPS) is 15.6. The summed E-state index contributed by atoms with van der Waals surface area (Å²) >= 11 is 0. The first-order valence-electron chi connectivity index (χ1n) is 25.6. The lowest BCUT2D eigenvalue weighted by Crippen LogP contribution is -2.59. The summed E-state index contributed by atoms with van der Waals surface area (Å²) in [6.07, 6.45) is 1.63. The molecule has 1 aromatic heterocycles. The van der Waals surface area contributed by atoms with E-state index in [-0.39, 0.29) is 66.7 Å². The third kappa shape index (κ3) is 17.9. The van der Waals surface area contributed by atoms with E-state index in [2.05, 4.69) is 42.5 Å². The Kier molecular flexibility index (Phi) is 23.8. The second kappa shape index (κ2) is 29.6. The third-order valence-corrected chi connectivity index (χ3v) is 12.9. The Hall–Kier alpha value is -7.43. The summed E-state index contributed by atoms with van der Waals surface area (Å²) in [6.45, 7) is 11.5. The first-order chi connectivity index (χ1) is 36.1. The molecule has 0 radical (unpaired) electrons. The molecule has 4 rings (SSSR count). The largest absolute Gasteiger partial charge is 0.497 e. The Morgan fingerprint density at radius 3 is 1.99 bits per heavy atom. The monoisotopic (exact) mass is 1060 g/mol. The molecule has 1 aliphatic heterocycles. The molecule has 0 saturated carbocycles. The van der Waals surface area contributed by atoms with Gasteiger partial charge in [-0.2, -0.15) is 0 Å². The number of fused-ring (bicyclic) bond motifs is 1. The maximum absolute atomic E-state index is 14.6. The first-order valence-corrected chi connectivity index (χ1v) is 25.6. The average molecular weight is 1060 g/mol. The maximum Gasteiger partial charge on any atom is 0.305 e. The van der Waals surface area contributed by atoms with E-state index >= 15 is 0 Å². The zero-order valence-electron chi connectivity index (χ0n) is 45.2. The number of benzene rings is 2. The van der Waals surface area contributed by atoms with Gasteiger partial charge in [-0.3, -0.25) is 43.2 Å². The molecule has 23 heteroatoms. The number of hydrogen-bond acceptors (Lipinski definition) is 14. The molecule has 23 nitrogen and oxygen atoms in total. The molecule has 1 saturated heterocycles. The van der Waals surface area contributed by atoms with Crippen LogP contribution in [0.2, 0.25) is 0 Å². The number of rotatable bonds is 30. The predicted molar refractivity (Wildman–Crippen MR) is 280 cm³/mol. The number of amides is 8. The number of carbonyl (C=O) groups excluding carboxylic acids is 8. The van der Waals surface area contributed by atoms with Crippen LogP contribution in [0.1, 0.15) is 103 Å². The topological polar surface area (TPSA) is 314 Å². The van der Waals surface area contributed by atoms with Crippen molar-refractivity contribution in [3.63, 3.8) is 0 Å². The van der Waals surface area contributed by atoms with Crippen LogP contribution in [0.25, 0.3) is 11.0 Å². The summed E-state index contributed by atoms with van der Waals surface area (Å²) in [6, 6.07) is 3.69. The summed E-state index contributed by atoms with van der Waals surface area (Å²) in [7, 11) is 5.97. The van der Waals surface area contributed by atoms with Crippen molar-refractivity contribution in [2.24, 2.45) is 11.8 Å². The highest BCUT2D eigenvalue weighted by atomic mass is 16.5. The Morgan fingerprint density at radius 2 is 1.39 bits per heavy atom. The second-order valence-electron chi connectivity index (χ2n) is 19.6. The zero-order chi connectivity index (χ0) is 56.2. The Balaban J connectivity index is 1.46. The Labute approximate surface area is 443 Å². The second-order valence-corrected chi connectivity index (χ2v) is 19.6. The number of nitrogens with one attached hydrogen (secondary N) is 8. The molecule has 9 N–H and O–H groups in total. The third-order valence-electron chi connectivity index (χ3n) is 12.9. The summed E-state index contributed by atoms with van der Waals surface area (Å²) in [5, 5.41) is 32.2. The summed E-state index contributed by atoms with van der Waals surface area (Å²) in [5.74, 6) is -5.50. The Bertz CT molecular complexity index is 2500. The maximum atomic E-state index is 14.6. The van der Waals surface area contributed by atoms with Crippen LogP contribution < -0.4 is 56.7 Å². The van der Waals surface area contributed by atoms with Crippen LogP contribution >= 0.6 is 0 Å². The molecule has 1 aliphatic rings. The van der Waals surface area contributed by atoms with Crippen LogP contribution in [-0.2, 0) is 44.8 Å². The number of carbonyl (C=O) groups is 9. The van der Waals surface area contributed by atoms with Crippen molar-refractivity contribution in [3.05, 3.63) is 53.8 Å². The van der Waals surface area contributed by atoms with Crippen molar-refractivity contribution in [1.82, 2.24) is 47.4 Å².